The zero-order valence-electron chi connectivity index (χ0n) is 22.0. The molecule has 0 spiro atoms. The van der Waals surface area contributed by atoms with Crippen LogP contribution in [0.3, 0.4) is 0 Å². The van der Waals surface area contributed by atoms with E-state index in [4.69, 9.17) is 9.47 Å². The smallest absolute Gasteiger partial charge is 0.201 e. The highest BCUT2D eigenvalue weighted by molar-refractivity contribution is 5.64. The third-order valence-corrected chi connectivity index (χ3v) is 7.39. The van der Waals surface area contributed by atoms with Crippen molar-refractivity contribution in [3.05, 3.63) is 95.8 Å². The van der Waals surface area contributed by atoms with Crippen LogP contribution in [-0.2, 0) is 6.42 Å². The molecular formula is C33H38F2O2. The van der Waals surface area contributed by atoms with Crippen LogP contribution in [0.4, 0.5) is 8.78 Å². The molecule has 2 nitrogen and oxygen atoms in total. The first-order chi connectivity index (χ1) is 18.1. The topological polar surface area (TPSA) is 18.5 Å². The number of ether oxygens (including phenoxy) is 2. The molecule has 196 valence electrons. The Morgan fingerprint density at radius 3 is 2.14 bits per heavy atom. The molecule has 1 aliphatic carbocycles. The molecule has 37 heavy (non-hydrogen) atoms. The van der Waals surface area contributed by atoms with Crippen LogP contribution in [0.5, 0.6) is 11.5 Å². The molecular weight excluding hydrogens is 466 g/mol. The number of allylic oxidation sites excluding steroid dienone is 1. The van der Waals surface area contributed by atoms with Crippen LogP contribution in [0.1, 0.15) is 75.8 Å². The van der Waals surface area contributed by atoms with Crippen LogP contribution in [0.2, 0.25) is 0 Å². The lowest BCUT2D eigenvalue weighted by molar-refractivity contribution is 0.199. The Labute approximate surface area is 220 Å². The van der Waals surface area contributed by atoms with Crippen molar-refractivity contribution in [2.24, 2.45) is 5.92 Å². The van der Waals surface area contributed by atoms with E-state index in [1.165, 1.54) is 48.3 Å². The van der Waals surface area contributed by atoms with Gasteiger partial charge in [-0.1, -0.05) is 68.3 Å². The number of halogens is 2. The van der Waals surface area contributed by atoms with Crippen molar-refractivity contribution in [1.82, 2.24) is 0 Å². The lowest BCUT2D eigenvalue weighted by atomic mass is 9.79. The maximum Gasteiger partial charge on any atom is 0.201 e. The van der Waals surface area contributed by atoms with Gasteiger partial charge in [0.25, 0.3) is 0 Å². The van der Waals surface area contributed by atoms with Gasteiger partial charge in [-0.2, -0.15) is 4.39 Å². The second-order valence-electron chi connectivity index (χ2n) is 10.1. The molecule has 4 rings (SSSR count). The molecule has 4 heteroatoms. The molecule has 1 saturated carbocycles. The predicted octanol–water partition coefficient (Wildman–Crippen LogP) is 9.63. The van der Waals surface area contributed by atoms with Gasteiger partial charge in [-0.05, 0) is 97.7 Å². The molecule has 0 atom stereocenters. The highest BCUT2D eigenvalue weighted by Gasteiger charge is 2.27. The highest BCUT2D eigenvalue weighted by atomic mass is 19.2. The van der Waals surface area contributed by atoms with E-state index in [1.807, 2.05) is 12.1 Å². The van der Waals surface area contributed by atoms with Crippen molar-refractivity contribution < 1.29 is 18.3 Å². The van der Waals surface area contributed by atoms with Crippen molar-refractivity contribution in [2.45, 2.75) is 71.1 Å². The molecule has 0 bridgehead atoms. The van der Waals surface area contributed by atoms with E-state index in [0.29, 0.717) is 18.1 Å². The van der Waals surface area contributed by atoms with Crippen molar-refractivity contribution in [2.75, 3.05) is 6.61 Å². The second kappa shape index (κ2) is 13.4. The van der Waals surface area contributed by atoms with E-state index in [0.717, 1.165) is 37.9 Å². The summed E-state index contributed by atoms with van der Waals surface area (Å²) in [5, 5.41) is 0. The van der Waals surface area contributed by atoms with Gasteiger partial charge in [0.2, 0.25) is 5.82 Å². The van der Waals surface area contributed by atoms with Crippen LogP contribution in [0.25, 0.3) is 11.1 Å². The maximum atomic E-state index is 14.7. The summed E-state index contributed by atoms with van der Waals surface area (Å²) in [4.78, 5) is 0. The molecule has 0 saturated heterocycles. The average Bonchev–Trinajstić information content (AvgIpc) is 2.94. The van der Waals surface area contributed by atoms with Gasteiger partial charge in [-0.15, -0.1) is 0 Å². The fourth-order valence-corrected chi connectivity index (χ4v) is 5.14. The number of benzene rings is 3. The first kappa shape index (κ1) is 26.9. The van der Waals surface area contributed by atoms with Gasteiger partial charge < -0.3 is 9.47 Å². The minimum absolute atomic E-state index is 0.0267. The van der Waals surface area contributed by atoms with Crippen molar-refractivity contribution >= 4 is 0 Å². The first-order valence-electron chi connectivity index (χ1n) is 13.7. The Balaban J connectivity index is 1.25. The van der Waals surface area contributed by atoms with Gasteiger partial charge in [0.15, 0.2) is 11.6 Å². The fraction of sp³-hybridized carbons (Fsp3) is 0.394. The Morgan fingerprint density at radius 2 is 1.49 bits per heavy atom. The summed E-state index contributed by atoms with van der Waals surface area (Å²) in [6.07, 6.45) is 11.4. The molecule has 0 amide bonds. The summed E-state index contributed by atoms with van der Waals surface area (Å²) < 4.78 is 40.3. The zero-order valence-corrected chi connectivity index (χ0v) is 22.0. The summed E-state index contributed by atoms with van der Waals surface area (Å²) >= 11 is 0. The van der Waals surface area contributed by atoms with Crippen LogP contribution in [0.15, 0.2) is 73.0 Å². The first-order valence-corrected chi connectivity index (χ1v) is 13.7. The van der Waals surface area contributed by atoms with Gasteiger partial charge >= 0.3 is 0 Å². The standard InChI is InChI=1S/C33H38F2O2/c1-3-5-6-7-24-8-12-26(13-9-24)27-16-18-29(19-17-27)37-23-25-10-14-28(15-11-25)30-20-21-31(36-22-4-2)33(35)32(30)34/h4,8-9,12-13,16-22,25,28H,3,5-7,10-11,14-15,23H2,1-2H3/b22-4+. The highest BCUT2D eigenvalue weighted by Crippen LogP contribution is 2.39. The number of unbranched alkanes of at least 4 members (excludes halogenated alkanes) is 2. The van der Waals surface area contributed by atoms with Crippen LogP contribution in [-0.4, -0.2) is 6.61 Å². The van der Waals surface area contributed by atoms with Gasteiger partial charge in [-0.25, -0.2) is 4.39 Å². The summed E-state index contributed by atoms with van der Waals surface area (Å²) in [5.74, 6) is -0.459. The fourth-order valence-electron chi connectivity index (χ4n) is 5.14. The minimum atomic E-state index is -0.910. The van der Waals surface area contributed by atoms with Crippen LogP contribution in [0, 0.1) is 17.6 Å². The third kappa shape index (κ3) is 7.21. The zero-order chi connectivity index (χ0) is 26.0. The molecule has 0 aromatic heterocycles. The molecule has 3 aromatic rings. The number of aryl methyl sites for hydroxylation is 1. The van der Waals surface area contributed by atoms with E-state index in [9.17, 15) is 8.78 Å². The lowest BCUT2D eigenvalue weighted by Crippen LogP contribution is -2.20. The summed E-state index contributed by atoms with van der Waals surface area (Å²) in [7, 11) is 0. The number of hydrogen-bond donors (Lipinski definition) is 0. The summed E-state index contributed by atoms with van der Waals surface area (Å²) in [5.41, 5.74) is 4.25. The second-order valence-corrected chi connectivity index (χ2v) is 10.1. The van der Waals surface area contributed by atoms with Gasteiger partial charge in [0.1, 0.15) is 5.75 Å². The number of hydrogen-bond acceptors (Lipinski definition) is 2. The van der Waals surface area contributed by atoms with Crippen molar-refractivity contribution in [3.63, 3.8) is 0 Å². The van der Waals surface area contributed by atoms with Crippen molar-refractivity contribution in [3.8, 4) is 22.6 Å². The molecule has 3 aromatic carbocycles. The monoisotopic (exact) mass is 504 g/mol. The SMILES string of the molecule is C/C=C/Oc1ccc(C2CCC(COc3ccc(-c4ccc(CCCCC)cc4)cc3)CC2)c(F)c1F. The van der Waals surface area contributed by atoms with E-state index < -0.39 is 11.6 Å². The molecule has 0 unspecified atom stereocenters. The maximum absolute atomic E-state index is 14.7. The Kier molecular flexibility index (Phi) is 9.76. The Bertz CT molecular complexity index is 1140. The Morgan fingerprint density at radius 1 is 0.811 bits per heavy atom. The molecule has 0 radical (unpaired) electrons. The van der Waals surface area contributed by atoms with E-state index in [-0.39, 0.29) is 11.7 Å². The quantitative estimate of drug-likeness (QED) is 0.191. The Hall–Kier alpha value is -3.14. The van der Waals surface area contributed by atoms with Gasteiger partial charge in [0.05, 0.1) is 12.9 Å². The van der Waals surface area contributed by atoms with E-state index >= 15 is 0 Å². The predicted molar refractivity (Wildman–Crippen MR) is 147 cm³/mol. The summed E-state index contributed by atoms with van der Waals surface area (Å²) in [6.45, 7) is 4.64. The normalized spacial score (nSPS) is 17.7. The minimum Gasteiger partial charge on any atom is -0.493 e. The molecule has 1 fully saturated rings. The summed E-state index contributed by atoms with van der Waals surface area (Å²) in [6, 6.07) is 20.3. The van der Waals surface area contributed by atoms with Crippen molar-refractivity contribution in [1.29, 1.82) is 0 Å². The average molecular weight is 505 g/mol. The van der Waals surface area contributed by atoms with Crippen LogP contribution < -0.4 is 9.47 Å². The molecule has 0 aliphatic heterocycles. The van der Waals surface area contributed by atoms with E-state index in [1.54, 1.807) is 19.1 Å². The largest absolute Gasteiger partial charge is 0.493 e. The van der Waals surface area contributed by atoms with E-state index in [2.05, 4.69) is 43.3 Å². The molecule has 1 aliphatic rings. The number of rotatable bonds is 11. The van der Waals surface area contributed by atoms with Crippen LogP contribution >= 0.6 is 0 Å². The van der Waals surface area contributed by atoms with Gasteiger partial charge in [0, 0.05) is 0 Å². The lowest BCUT2D eigenvalue weighted by Gasteiger charge is -2.29. The molecule has 0 N–H and O–H groups in total. The third-order valence-electron chi connectivity index (χ3n) is 7.39. The molecule has 0 heterocycles. The van der Waals surface area contributed by atoms with Gasteiger partial charge in [-0.3, -0.25) is 0 Å².